The van der Waals surface area contributed by atoms with Crippen LogP contribution in [0.4, 0.5) is 0 Å². The molecule has 92 valence electrons. The number of hydrogen-bond donors (Lipinski definition) is 1. The van der Waals surface area contributed by atoms with Gasteiger partial charge in [0.15, 0.2) is 5.69 Å². The minimum absolute atomic E-state index is 0.0517. The number of carbonyl (C=O) groups excluding carboxylic acids is 1. The second kappa shape index (κ2) is 4.20. The largest absolute Gasteiger partial charge is 0.476 e. The fourth-order valence-corrected chi connectivity index (χ4v) is 2.20. The van der Waals surface area contributed by atoms with Gasteiger partial charge in [-0.15, -0.1) is 0 Å². The van der Waals surface area contributed by atoms with Crippen molar-refractivity contribution in [2.24, 2.45) is 7.05 Å². The first kappa shape index (κ1) is 11.6. The molecule has 0 saturated heterocycles. The van der Waals surface area contributed by atoms with Crippen molar-refractivity contribution in [2.45, 2.75) is 26.3 Å². The molecule has 0 aliphatic carbocycles. The van der Waals surface area contributed by atoms with Gasteiger partial charge in [-0.2, -0.15) is 5.10 Å². The molecule has 17 heavy (non-hydrogen) atoms. The van der Waals surface area contributed by atoms with Gasteiger partial charge in [-0.25, -0.2) is 4.79 Å². The van der Waals surface area contributed by atoms with E-state index in [4.69, 9.17) is 5.11 Å². The number of amides is 1. The first-order valence-electron chi connectivity index (χ1n) is 5.60. The van der Waals surface area contributed by atoms with Crippen molar-refractivity contribution in [1.82, 2.24) is 14.7 Å². The normalized spacial score (nSPS) is 14.6. The lowest BCUT2D eigenvalue weighted by atomic mass is 10.0. The van der Waals surface area contributed by atoms with Gasteiger partial charge in [0.05, 0.1) is 0 Å². The second-order valence-corrected chi connectivity index (χ2v) is 4.12. The summed E-state index contributed by atoms with van der Waals surface area (Å²) in [6.45, 7) is 2.80. The van der Waals surface area contributed by atoms with Crippen molar-refractivity contribution in [3.8, 4) is 0 Å². The second-order valence-electron chi connectivity index (χ2n) is 4.12. The zero-order chi connectivity index (χ0) is 12.6. The Morgan fingerprint density at radius 2 is 2.18 bits per heavy atom. The highest BCUT2D eigenvalue weighted by atomic mass is 16.4. The van der Waals surface area contributed by atoms with Gasteiger partial charge in [-0.3, -0.25) is 9.48 Å². The predicted molar refractivity (Wildman–Crippen MR) is 59.6 cm³/mol. The molecule has 1 aromatic heterocycles. The van der Waals surface area contributed by atoms with E-state index in [-0.39, 0.29) is 11.6 Å². The number of nitrogens with zero attached hydrogens (tertiary/aromatic N) is 3. The minimum atomic E-state index is -1.03. The molecule has 0 unspecified atom stereocenters. The van der Waals surface area contributed by atoms with Crippen LogP contribution in [0.25, 0.3) is 0 Å². The molecule has 2 heterocycles. The zero-order valence-electron chi connectivity index (χ0n) is 9.93. The highest BCUT2D eigenvalue weighted by Crippen LogP contribution is 2.22. The van der Waals surface area contributed by atoms with Gasteiger partial charge in [0, 0.05) is 44.2 Å². The molecule has 0 atom stereocenters. The number of carboxylic acid groups (broad SMARTS) is 1. The SMILES string of the molecule is CCC(=O)N1CCc2c(c(C(=O)O)nn2C)C1. The van der Waals surface area contributed by atoms with Gasteiger partial charge in [-0.05, 0) is 0 Å². The fraction of sp³-hybridized carbons (Fsp3) is 0.545. The number of hydrogen-bond acceptors (Lipinski definition) is 3. The summed E-state index contributed by atoms with van der Waals surface area (Å²) in [5.74, 6) is -0.983. The molecule has 1 aromatic rings. The van der Waals surface area contributed by atoms with Crippen LogP contribution in [0.15, 0.2) is 0 Å². The zero-order valence-corrected chi connectivity index (χ0v) is 9.93. The molecule has 0 spiro atoms. The molecule has 1 aliphatic rings. The van der Waals surface area contributed by atoms with Crippen LogP contribution in [0.2, 0.25) is 0 Å². The average molecular weight is 237 g/mol. The monoisotopic (exact) mass is 237 g/mol. The molecular formula is C11H15N3O3. The number of rotatable bonds is 2. The van der Waals surface area contributed by atoms with Crippen LogP contribution in [-0.2, 0) is 24.8 Å². The summed E-state index contributed by atoms with van der Waals surface area (Å²) in [5, 5.41) is 13.0. The number of carboxylic acids is 1. The smallest absolute Gasteiger partial charge is 0.356 e. The van der Waals surface area contributed by atoms with Crippen molar-refractivity contribution in [1.29, 1.82) is 0 Å². The van der Waals surface area contributed by atoms with Gasteiger partial charge < -0.3 is 10.0 Å². The van der Waals surface area contributed by atoms with Crippen molar-refractivity contribution in [3.63, 3.8) is 0 Å². The maximum Gasteiger partial charge on any atom is 0.356 e. The van der Waals surface area contributed by atoms with Crippen LogP contribution in [0.5, 0.6) is 0 Å². The number of aromatic carboxylic acids is 1. The van der Waals surface area contributed by atoms with E-state index in [1.54, 1.807) is 23.6 Å². The number of fused-ring (bicyclic) bond motifs is 1. The molecule has 0 aromatic carbocycles. The van der Waals surface area contributed by atoms with E-state index in [1.165, 1.54) is 0 Å². The fourth-order valence-electron chi connectivity index (χ4n) is 2.20. The summed E-state index contributed by atoms with van der Waals surface area (Å²) in [5.41, 5.74) is 1.66. The van der Waals surface area contributed by atoms with Crippen LogP contribution in [0.3, 0.4) is 0 Å². The first-order valence-corrected chi connectivity index (χ1v) is 5.60. The Labute approximate surface area is 98.8 Å². The lowest BCUT2D eigenvalue weighted by Crippen LogP contribution is -2.36. The summed E-state index contributed by atoms with van der Waals surface area (Å²) in [6.07, 6.45) is 1.11. The molecule has 2 rings (SSSR count). The molecule has 1 N–H and O–H groups in total. The van der Waals surface area contributed by atoms with Crippen LogP contribution < -0.4 is 0 Å². The third-order valence-electron chi connectivity index (χ3n) is 3.10. The molecule has 0 radical (unpaired) electrons. The summed E-state index contributed by atoms with van der Waals surface area (Å²) in [6, 6.07) is 0. The Hall–Kier alpha value is -1.85. The Bertz CT molecular complexity index is 479. The van der Waals surface area contributed by atoms with Crippen molar-refractivity contribution >= 4 is 11.9 Å². The molecule has 1 amide bonds. The quantitative estimate of drug-likeness (QED) is 0.808. The van der Waals surface area contributed by atoms with Gasteiger partial charge >= 0.3 is 5.97 Å². The molecule has 0 saturated carbocycles. The van der Waals surface area contributed by atoms with Crippen molar-refractivity contribution in [3.05, 3.63) is 17.0 Å². The molecule has 0 fully saturated rings. The highest BCUT2D eigenvalue weighted by molar-refractivity contribution is 5.88. The Kier molecular flexibility index (Phi) is 2.87. The van der Waals surface area contributed by atoms with Gasteiger partial charge in [-0.1, -0.05) is 6.92 Å². The molecule has 6 heteroatoms. The minimum Gasteiger partial charge on any atom is -0.476 e. The third-order valence-corrected chi connectivity index (χ3v) is 3.10. The summed E-state index contributed by atoms with van der Waals surface area (Å²) in [4.78, 5) is 24.4. The molecule has 6 nitrogen and oxygen atoms in total. The van der Waals surface area contributed by atoms with Crippen LogP contribution in [0, 0.1) is 0 Å². The van der Waals surface area contributed by atoms with E-state index in [0.29, 0.717) is 31.5 Å². The number of aryl methyl sites for hydroxylation is 1. The Morgan fingerprint density at radius 3 is 2.76 bits per heavy atom. The molecular weight excluding hydrogens is 222 g/mol. The average Bonchev–Trinajstić information content (AvgIpc) is 2.65. The highest BCUT2D eigenvalue weighted by Gasteiger charge is 2.28. The van der Waals surface area contributed by atoms with Gasteiger partial charge in [0.1, 0.15) is 0 Å². The van der Waals surface area contributed by atoms with Gasteiger partial charge in [0.25, 0.3) is 0 Å². The number of aromatic nitrogens is 2. The van der Waals surface area contributed by atoms with E-state index >= 15 is 0 Å². The van der Waals surface area contributed by atoms with Crippen molar-refractivity contribution < 1.29 is 14.7 Å². The van der Waals surface area contributed by atoms with E-state index in [1.807, 2.05) is 0 Å². The Morgan fingerprint density at radius 1 is 1.47 bits per heavy atom. The Balaban J connectivity index is 2.36. The van der Waals surface area contributed by atoms with Crippen LogP contribution in [-0.4, -0.2) is 38.2 Å². The topological polar surface area (TPSA) is 75.4 Å². The lowest BCUT2D eigenvalue weighted by molar-refractivity contribution is -0.131. The summed E-state index contributed by atoms with van der Waals surface area (Å²) < 4.78 is 1.60. The maximum absolute atomic E-state index is 11.6. The molecule has 0 bridgehead atoms. The summed E-state index contributed by atoms with van der Waals surface area (Å²) in [7, 11) is 1.74. The first-order chi connectivity index (χ1) is 8.04. The van der Waals surface area contributed by atoms with E-state index in [0.717, 1.165) is 5.69 Å². The van der Waals surface area contributed by atoms with Crippen LogP contribution in [0.1, 0.15) is 35.1 Å². The third kappa shape index (κ3) is 1.90. The van der Waals surface area contributed by atoms with E-state index < -0.39 is 5.97 Å². The van der Waals surface area contributed by atoms with E-state index in [9.17, 15) is 9.59 Å². The number of carbonyl (C=O) groups is 2. The van der Waals surface area contributed by atoms with Crippen molar-refractivity contribution in [2.75, 3.05) is 6.54 Å². The van der Waals surface area contributed by atoms with Crippen LogP contribution >= 0.6 is 0 Å². The standard InChI is InChI=1S/C11H15N3O3/c1-3-9(15)14-5-4-8-7(6-14)10(11(16)17)12-13(8)2/h3-6H2,1-2H3,(H,16,17). The lowest BCUT2D eigenvalue weighted by Gasteiger charge is -2.27. The van der Waals surface area contributed by atoms with Gasteiger partial charge in [0.2, 0.25) is 5.91 Å². The predicted octanol–water partition coefficient (Wildman–Crippen LogP) is 0.413. The molecule has 1 aliphatic heterocycles. The summed E-state index contributed by atoms with van der Waals surface area (Å²) >= 11 is 0. The van der Waals surface area contributed by atoms with E-state index in [2.05, 4.69) is 5.10 Å². The maximum atomic E-state index is 11.6.